The lowest BCUT2D eigenvalue weighted by atomic mass is 9.52. The highest BCUT2D eigenvalue weighted by Crippen LogP contribution is 2.58. The van der Waals surface area contributed by atoms with E-state index < -0.39 is 0 Å². The summed E-state index contributed by atoms with van der Waals surface area (Å²) in [6, 6.07) is 7.87. The van der Waals surface area contributed by atoms with Crippen LogP contribution in [-0.2, 0) is 9.59 Å². The van der Waals surface area contributed by atoms with Gasteiger partial charge >= 0.3 is 0 Å². The lowest BCUT2D eigenvalue weighted by Gasteiger charge is -2.52. The smallest absolute Gasteiger partial charge is 0.234 e. The summed E-state index contributed by atoms with van der Waals surface area (Å²) in [6.45, 7) is 2.18. The second-order valence-electron chi connectivity index (χ2n) is 5.95. The molecule has 3 rings (SSSR count). The number of carbonyl (C=O) groups excluding carboxylic acids is 2. The highest BCUT2D eigenvalue weighted by Gasteiger charge is 2.55. The number of nitrogens with one attached hydrogen (secondary N) is 1. The molecular formula is C15H16BrNO2. The van der Waals surface area contributed by atoms with Crippen molar-refractivity contribution in [3.63, 3.8) is 0 Å². The molecule has 1 unspecified atom stereocenters. The number of halogens is 1. The maximum atomic E-state index is 12.3. The van der Waals surface area contributed by atoms with E-state index in [9.17, 15) is 9.59 Å². The Kier molecular flexibility index (Phi) is 3.01. The molecule has 1 aliphatic heterocycles. The van der Waals surface area contributed by atoms with Crippen LogP contribution in [0.5, 0.6) is 0 Å². The zero-order valence-electron chi connectivity index (χ0n) is 10.8. The Morgan fingerprint density at radius 2 is 2.05 bits per heavy atom. The summed E-state index contributed by atoms with van der Waals surface area (Å²) in [6.07, 6.45) is 2.40. The van der Waals surface area contributed by atoms with E-state index in [0.29, 0.717) is 12.3 Å². The third-order valence-corrected chi connectivity index (χ3v) is 4.84. The standard InChI is InChI=1S/C15H16BrNO2/c1-9-6-15(7-9)8-12(18)17-14(19)13(15)10-3-2-4-11(16)5-10/h2-5,9,13H,6-8H2,1H3,(H,17,18,19). The van der Waals surface area contributed by atoms with Crippen molar-refractivity contribution in [1.82, 2.24) is 5.32 Å². The normalized spacial score (nSPS) is 34.0. The summed E-state index contributed by atoms with van der Waals surface area (Å²) in [5.41, 5.74) is 0.853. The van der Waals surface area contributed by atoms with Gasteiger partial charge in [0.05, 0.1) is 5.92 Å². The first-order valence-corrected chi connectivity index (χ1v) is 7.39. The molecule has 1 aromatic carbocycles. The van der Waals surface area contributed by atoms with Crippen molar-refractivity contribution in [2.24, 2.45) is 11.3 Å². The molecule has 2 aliphatic rings. The van der Waals surface area contributed by atoms with Crippen molar-refractivity contribution in [2.45, 2.75) is 32.1 Å². The molecule has 1 saturated carbocycles. The average Bonchev–Trinajstić information content (AvgIpc) is 2.26. The summed E-state index contributed by atoms with van der Waals surface area (Å²) < 4.78 is 0.970. The maximum absolute atomic E-state index is 12.3. The third-order valence-electron chi connectivity index (χ3n) is 4.34. The molecule has 4 heteroatoms. The molecule has 3 nitrogen and oxygen atoms in total. The van der Waals surface area contributed by atoms with Gasteiger partial charge in [-0.15, -0.1) is 0 Å². The summed E-state index contributed by atoms with van der Waals surface area (Å²) in [5, 5.41) is 2.49. The van der Waals surface area contributed by atoms with Gasteiger partial charge in [-0.3, -0.25) is 14.9 Å². The first-order chi connectivity index (χ1) is 9.00. The van der Waals surface area contributed by atoms with Crippen molar-refractivity contribution >= 4 is 27.7 Å². The average molecular weight is 322 g/mol. The zero-order valence-corrected chi connectivity index (χ0v) is 12.4. The molecule has 1 N–H and O–H groups in total. The fourth-order valence-electron chi connectivity index (χ4n) is 3.85. The second-order valence-corrected chi connectivity index (χ2v) is 6.87. The first kappa shape index (κ1) is 12.9. The first-order valence-electron chi connectivity index (χ1n) is 6.59. The van der Waals surface area contributed by atoms with Gasteiger partial charge in [-0.2, -0.15) is 0 Å². The van der Waals surface area contributed by atoms with E-state index in [2.05, 4.69) is 28.2 Å². The molecule has 2 fully saturated rings. The van der Waals surface area contributed by atoms with E-state index in [-0.39, 0.29) is 23.1 Å². The van der Waals surface area contributed by atoms with E-state index in [0.717, 1.165) is 22.9 Å². The molecule has 100 valence electrons. The van der Waals surface area contributed by atoms with Gasteiger partial charge in [0, 0.05) is 10.9 Å². The topological polar surface area (TPSA) is 46.2 Å². The lowest BCUT2D eigenvalue weighted by molar-refractivity contribution is -0.145. The second kappa shape index (κ2) is 4.44. The molecule has 2 amide bonds. The van der Waals surface area contributed by atoms with Crippen molar-refractivity contribution in [2.75, 3.05) is 0 Å². The van der Waals surface area contributed by atoms with Gasteiger partial charge in [0.25, 0.3) is 0 Å². The Morgan fingerprint density at radius 3 is 2.68 bits per heavy atom. The number of piperidine rings is 1. The molecule has 1 aromatic rings. The van der Waals surface area contributed by atoms with Gasteiger partial charge < -0.3 is 0 Å². The summed E-state index contributed by atoms with van der Waals surface area (Å²) in [4.78, 5) is 24.0. The van der Waals surface area contributed by atoms with Gasteiger partial charge in [-0.25, -0.2) is 0 Å². The van der Waals surface area contributed by atoms with Crippen LogP contribution in [0.2, 0.25) is 0 Å². The highest BCUT2D eigenvalue weighted by atomic mass is 79.9. The Hall–Kier alpha value is -1.16. The van der Waals surface area contributed by atoms with Crippen LogP contribution in [0.25, 0.3) is 0 Å². The molecule has 19 heavy (non-hydrogen) atoms. The minimum atomic E-state index is -0.195. The Bertz CT molecular complexity index is 549. The Morgan fingerprint density at radius 1 is 1.32 bits per heavy atom. The number of imide groups is 1. The zero-order chi connectivity index (χ0) is 13.6. The van der Waals surface area contributed by atoms with Crippen molar-refractivity contribution < 1.29 is 9.59 Å². The predicted octanol–water partition coefficient (Wildman–Crippen LogP) is 3.00. The molecule has 1 saturated heterocycles. The van der Waals surface area contributed by atoms with Gasteiger partial charge in [-0.05, 0) is 41.9 Å². The SMILES string of the molecule is CC1CC2(CC(=O)NC(=O)C2c2cccc(Br)c2)C1. The van der Waals surface area contributed by atoms with Gasteiger partial charge in [0.1, 0.15) is 0 Å². The minimum absolute atomic E-state index is 0.122. The molecule has 1 spiro atoms. The van der Waals surface area contributed by atoms with Crippen molar-refractivity contribution in [3.05, 3.63) is 34.3 Å². The highest BCUT2D eigenvalue weighted by molar-refractivity contribution is 9.10. The van der Waals surface area contributed by atoms with Crippen LogP contribution in [0.1, 0.15) is 37.7 Å². The van der Waals surface area contributed by atoms with E-state index in [1.165, 1.54) is 0 Å². The Labute approximate surface area is 120 Å². The van der Waals surface area contributed by atoms with Crippen LogP contribution in [0, 0.1) is 11.3 Å². The number of hydrogen-bond acceptors (Lipinski definition) is 2. The fourth-order valence-corrected chi connectivity index (χ4v) is 4.27. The van der Waals surface area contributed by atoms with Crippen LogP contribution in [0.15, 0.2) is 28.7 Å². The van der Waals surface area contributed by atoms with Crippen molar-refractivity contribution in [1.29, 1.82) is 0 Å². The molecule has 0 radical (unpaired) electrons. The number of rotatable bonds is 1. The van der Waals surface area contributed by atoms with E-state index >= 15 is 0 Å². The molecular weight excluding hydrogens is 306 g/mol. The maximum Gasteiger partial charge on any atom is 0.234 e. The molecule has 0 bridgehead atoms. The van der Waals surface area contributed by atoms with Gasteiger partial charge in [-0.1, -0.05) is 35.0 Å². The summed E-state index contributed by atoms with van der Waals surface area (Å²) in [7, 11) is 0. The van der Waals surface area contributed by atoms with Gasteiger partial charge in [0.15, 0.2) is 0 Å². The number of carbonyl (C=O) groups is 2. The quantitative estimate of drug-likeness (QED) is 0.808. The molecule has 1 atom stereocenters. The molecule has 1 aliphatic carbocycles. The summed E-state index contributed by atoms with van der Waals surface area (Å²) in [5.74, 6) is 0.150. The van der Waals surface area contributed by atoms with E-state index in [1.807, 2.05) is 24.3 Å². The molecule has 1 heterocycles. The number of amides is 2. The largest absolute Gasteiger partial charge is 0.296 e. The monoisotopic (exact) mass is 321 g/mol. The fraction of sp³-hybridized carbons (Fsp3) is 0.467. The number of hydrogen-bond donors (Lipinski definition) is 1. The van der Waals surface area contributed by atoms with Gasteiger partial charge in [0.2, 0.25) is 11.8 Å². The summed E-state index contributed by atoms with van der Waals surface area (Å²) >= 11 is 3.45. The van der Waals surface area contributed by atoms with Crippen LogP contribution in [-0.4, -0.2) is 11.8 Å². The van der Waals surface area contributed by atoms with Crippen LogP contribution < -0.4 is 5.32 Å². The third kappa shape index (κ3) is 2.12. The van der Waals surface area contributed by atoms with Crippen molar-refractivity contribution in [3.8, 4) is 0 Å². The predicted molar refractivity (Wildman–Crippen MR) is 75.5 cm³/mol. The minimum Gasteiger partial charge on any atom is -0.296 e. The van der Waals surface area contributed by atoms with Crippen LogP contribution in [0.4, 0.5) is 0 Å². The van der Waals surface area contributed by atoms with Crippen LogP contribution >= 0.6 is 15.9 Å². The Balaban J connectivity index is 2.01. The lowest BCUT2D eigenvalue weighted by Crippen LogP contribution is -2.55. The molecule has 0 aromatic heterocycles. The van der Waals surface area contributed by atoms with E-state index in [1.54, 1.807) is 0 Å². The van der Waals surface area contributed by atoms with Crippen LogP contribution in [0.3, 0.4) is 0 Å². The number of benzene rings is 1. The van der Waals surface area contributed by atoms with E-state index in [4.69, 9.17) is 0 Å².